The zero-order valence-electron chi connectivity index (χ0n) is 18.9. The monoisotopic (exact) mass is 482 g/mol. The van der Waals surface area contributed by atoms with Gasteiger partial charge in [0.1, 0.15) is 5.82 Å². The Labute approximate surface area is 199 Å². The molecule has 2 aromatic carbocycles. The van der Waals surface area contributed by atoms with E-state index in [4.69, 9.17) is 9.47 Å². The highest BCUT2D eigenvalue weighted by Crippen LogP contribution is 2.28. The van der Waals surface area contributed by atoms with Crippen molar-refractivity contribution < 1.29 is 23.0 Å². The number of hydrazine groups is 1. The number of amides is 1. The topological polar surface area (TPSA) is 109 Å². The lowest BCUT2D eigenvalue weighted by molar-refractivity contribution is -0.0249. The number of anilines is 1. The van der Waals surface area contributed by atoms with Gasteiger partial charge >= 0.3 is 0 Å². The molecule has 2 aliphatic rings. The average Bonchev–Trinajstić information content (AvgIpc) is 3.36. The van der Waals surface area contributed by atoms with Gasteiger partial charge in [-0.15, -0.1) is 0 Å². The summed E-state index contributed by atoms with van der Waals surface area (Å²) in [7, 11) is 1.38. The highest BCUT2D eigenvalue weighted by Gasteiger charge is 2.24. The summed E-state index contributed by atoms with van der Waals surface area (Å²) in [6.07, 6.45) is 3.09. The van der Waals surface area contributed by atoms with Crippen LogP contribution in [0, 0.1) is 17.6 Å². The number of carbonyl (C=O) groups excluding carboxylic acids is 1. The molecule has 3 aromatic rings. The fraction of sp³-hybridized carbons (Fsp3) is 0.292. The Balaban J connectivity index is 1.41. The van der Waals surface area contributed by atoms with Gasteiger partial charge in [0.15, 0.2) is 11.6 Å². The standard InChI is InChI=1S/C24H24F2N6O3/c1-34-21-3-2-14(4-19(21)26)22(16-8-29-30-9-16)32-23(33)15-5-18(25)17-10-28-24(31-20(17)6-15)27-7-13-11-35-12-13/h2-6,8,10,13,22,29-30H,7,9,11-12H2,1H3,(H,32,33)(H,27,28,31)/t22-/m0/s1. The molecule has 182 valence electrons. The fourth-order valence-corrected chi connectivity index (χ4v) is 3.95. The van der Waals surface area contributed by atoms with Crippen LogP contribution >= 0.6 is 0 Å². The summed E-state index contributed by atoms with van der Waals surface area (Å²) in [6, 6.07) is 6.48. The molecule has 9 nitrogen and oxygen atoms in total. The number of halogens is 2. The molecule has 2 aliphatic heterocycles. The number of rotatable bonds is 8. The average molecular weight is 482 g/mol. The smallest absolute Gasteiger partial charge is 0.252 e. The molecule has 0 unspecified atom stereocenters. The maximum absolute atomic E-state index is 14.8. The van der Waals surface area contributed by atoms with E-state index < -0.39 is 23.6 Å². The normalized spacial score (nSPS) is 16.3. The summed E-state index contributed by atoms with van der Waals surface area (Å²) in [6.45, 7) is 2.44. The van der Waals surface area contributed by atoms with Crippen LogP contribution in [0.1, 0.15) is 22.0 Å². The van der Waals surface area contributed by atoms with Crippen LogP contribution in [0.2, 0.25) is 0 Å². The predicted molar refractivity (Wildman–Crippen MR) is 125 cm³/mol. The van der Waals surface area contributed by atoms with E-state index in [0.29, 0.717) is 49.2 Å². The lowest BCUT2D eigenvalue weighted by atomic mass is 9.98. The minimum absolute atomic E-state index is 0.0885. The molecule has 1 aromatic heterocycles. The van der Waals surface area contributed by atoms with Crippen molar-refractivity contribution in [3.8, 4) is 5.75 Å². The van der Waals surface area contributed by atoms with Crippen LogP contribution in [0.25, 0.3) is 10.9 Å². The van der Waals surface area contributed by atoms with Gasteiger partial charge < -0.3 is 25.5 Å². The number of methoxy groups -OCH3 is 1. The molecule has 0 radical (unpaired) electrons. The lowest BCUT2D eigenvalue weighted by Crippen LogP contribution is -2.33. The zero-order valence-corrected chi connectivity index (χ0v) is 18.9. The Morgan fingerprint density at radius 3 is 2.80 bits per heavy atom. The van der Waals surface area contributed by atoms with Crippen molar-refractivity contribution in [3.05, 3.63) is 71.1 Å². The van der Waals surface area contributed by atoms with Crippen LogP contribution in [-0.4, -0.2) is 49.3 Å². The lowest BCUT2D eigenvalue weighted by Gasteiger charge is -2.25. The van der Waals surface area contributed by atoms with Gasteiger partial charge in [0.05, 0.1) is 37.3 Å². The van der Waals surface area contributed by atoms with E-state index >= 15 is 0 Å². The Morgan fingerprint density at radius 2 is 2.11 bits per heavy atom. The number of hydrogen-bond donors (Lipinski definition) is 4. The first-order valence-corrected chi connectivity index (χ1v) is 11.1. The number of nitrogens with one attached hydrogen (secondary N) is 4. The van der Waals surface area contributed by atoms with Gasteiger partial charge in [-0.3, -0.25) is 4.79 Å². The molecule has 0 spiro atoms. The molecule has 0 bridgehead atoms. The first-order chi connectivity index (χ1) is 17.0. The Bertz CT molecular complexity index is 1300. The maximum Gasteiger partial charge on any atom is 0.252 e. The van der Waals surface area contributed by atoms with Crippen molar-refractivity contribution in [2.45, 2.75) is 6.04 Å². The van der Waals surface area contributed by atoms with Crippen molar-refractivity contribution >= 4 is 22.8 Å². The van der Waals surface area contributed by atoms with Crippen molar-refractivity contribution in [2.24, 2.45) is 5.92 Å². The van der Waals surface area contributed by atoms with E-state index in [1.165, 1.54) is 31.5 Å². The second-order valence-corrected chi connectivity index (χ2v) is 8.39. The second kappa shape index (κ2) is 9.80. The number of hydrogen-bond acceptors (Lipinski definition) is 8. The van der Waals surface area contributed by atoms with Gasteiger partial charge in [0.2, 0.25) is 5.95 Å². The largest absolute Gasteiger partial charge is 0.494 e. The van der Waals surface area contributed by atoms with E-state index in [1.807, 2.05) is 0 Å². The molecule has 1 saturated heterocycles. The van der Waals surface area contributed by atoms with Crippen molar-refractivity contribution in [3.63, 3.8) is 0 Å². The van der Waals surface area contributed by atoms with Crippen LogP contribution in [0.3, 0.4) is 0 Å². The van der Waals surface area contributed by atoms with Crippen molar-refractivity contribution in [1.82, 2.24) is 26.1 Å². The number of ether oxygens (including phenoxy) is 2. The van der Waals surface area contributed by atoms with E-state index in [9.17, 15) is 13.6 Å². The number of aromatic nitrogens is 2. The molecule has 1 fully saturated rings. The third-order valence-electron chi connectivity index (χ3n) is 5.98. The molecule has 4 N–H and O–H groups in total. The number of benzene rings is 2. The van der Waals surface area contributed by atoms with Gasteiger partial charge in [-0.05, 0) is 35.4 Å². The summed E-state index contributed by atoms with van der Waals surface area (Å²) >= 11 is 0. The second-order valence-electron chi connectivity index (χ2n) is 8.39. The quantitative estimate of drug-likeness (QED) is 0.388. The first kappa shape index (κ1) is 22.9. The molecular formula is C24H24F2N6O3. The highest BCUT2D eigenvalue weighted by molar-refractivity contribution is 5.98. The number of nitrogens with zero attached hydrogens (tertiary/aromatic N) is 2. The predicted octanol–water partition coefficient (Wildman–Crippen LogP) is 2.44. The van der Waals surface area contributed by atoms with Crippen molar-refractivity contribution in [1.29, 1.82) is 0 Å². The molecule has 35 heavy (non-hydrogen) atoms. The Hall–Kier alpha value is -3.83. The van der Waals surface area contributed by atoms with Crippen molar-refractivity contribution in [2.75, 3.05) is 38.7 Å². The van der Waals surface area contributed by atoms with Crippen LogP contribution in [0.15, 0.2) is 48.3 Å². The fourth-order valence-electron chi connectivity index (χ4n) is 3.95. The van der Waals surface area contributed by atoms with Gasteiger partial charge in [-0.25, -0.2) is 24.2 Å². The third kappa shape index (κ3) is 4.86. The van der Waals surface area contributed by atoms with Gasteiger partial charge in [0.25, 0.3) is 5.91 Å². The number of carbonyl (C=O) groups is 1. The van der Waals surface area contributed by atoms with E-state index in [-0.39, 0.29) is 16.7 Å². The van der Waals surface area contributed by atoms with Crippen LogP contribution in [0.5, 0.6) is 5.75 Å². The molecular weight excluding hydrogens is 458 g/mol. The molecule has 5 rings (SSSR count). The van der Waals surface area contributed by atoms with E-state index in [1.54, 1.807) is 12.3 Å². The number of fused-ring (bicyclic) bond motifs is 1. The van der Waals surface area contributed by atoms with Gasteiger partial charge in [-0.2, -0.15) is 0 Å². The molecule has 3 heterocycles. The zero-order chi connectivity index (χ0) is 24.4. The van der Waals surface area contributed by atoms with Crippen LogP contribution < -0.4 is 26.2 Å². The summed E-state index contributed by atoms with van der Waals surface area (Å²) in [4.78, 5) is 21.7. The van der Waals surface area contributed by atoms with Crippen LogP contribution in [-0.2, 0) is 4.74 Å². The van der Waals surface area contributed by atoms with E-state index in [2.05, 4.69) is 31.5 Å². The molecule has 1 atom stereocenters. The summed E-state index contributed by atoms with van der Waals surface area (Å²) in [5.41, 5.74) is 7.48. The maximum atomic E-state index is 14.8. The van der Waals surface area contributed by atoms with Gasteiger partial charge in [-0.1, -0.05) is 6.07 Å². The highest BCUT2D eigenvalue weighted by atomic mass is 19.1. The first-order valence-electron chi connectivity index (χ1n) is 11.1. The summed E-state index contributed by atoms with van der Waals surface area (Å²) in [5.74, 6) is -0.855. The molecule has 11 heteroatoms. The minimum Gasteiger partial charge on any atom is -0.494 e. The van der Waals surface area contributed by atoms with Gasteiger partial charge in [0, 0.05) is 37.0 Å². The molecule has 0 aliphatic carbocycles. The summed E-state index contributed by atoms with van der Waals surface area (Å²) in [5, 5.41) is 6.21. The van der Waals surface area contributed by atoms with Crippen LogP contribution in [0.4, 0.5) is 14.7 Å². The van der Waals surface area contributed by atoms with E-state index in [0.717, 1.165) is 11.6 Å². The molecule has 1 amide bonds. The third-order valence-corrected chi connectivity index (χ3v) is 5.98. The SMILES string of the molecule is COc1ccc([C@H](NC(=O)c2cc(F)c3cnc(NCC4COC4)nc3c2)C2=CNNC2)cc1F. The molecule has 0 saturated carbocycles. The Morgan fingerprint density at radius 1 is 1.26 bits per heavy atom. The summed E-state index contributed by atoms with van der Waals surface area (Å²) < 4.78 is 39.4. The Kier molecular flexibility index (Phi) is 6.43. The minimum atomic E-state index is -0.656.